The van der Waals surface area contributed by atoms with E-state index in [1.165, 1.54) is 11.0 Å². The Kier molecular flexibility index (Phi) is 4.66. The molecule has 18 heavy (non-hydrogen) atoms. The fourth-order valence-corrected chi connectivity index (χ4v) is 3.41. The van der Waals surface area contributed by atoms with E-state index >= 15 is 0 Å². The first kappa shape index (κ1) is 13.0. The van der Waals surface area contributed by atoms with E-state index in [0.29, 0.717) is 0 Å². The van der Waals surface area contributed by atoms with Crippen LogP contribution in [-0.4, -0.2) is 11.1 Å². The average molecular weight is 280 g/mol. The summed E-state index contributed by atoms with van der Waals surface area (Å²) in [5.74, 6) is 1.72. The number of aliphatic carboxylic acids is 1. The lowest BCUT2D eigenvalue weighted by molar-refractivity contribution is -0.131. The maximum absolute atomic E-state index is 10.5. The Bertz CT molecular complexity index is 526. The molecule has 5 heteroatoms. The van der Waals surface area contributed by atoms with E-state index in [9.17, 15) is 4.79 Å². The van der Waals surface area contributed by atoms with Crippen molar-refractivity contribution in [1.29, 1.82) is 0 Å². The third-order valence-corrected chi connectivity index (χ3v) is 4.34. The van der Waals surface area contributed by atoms with Crippen molar-refractivity contribution in [2.24, 2.45) is 0 Å². The number of carboxylic acids is 1. The molecule has 0 spiro atoms. The lowest BCUT2D eigenvalue weighted by Crippen LogP contribution is -1.86. The quantitative estimate of drug-likeness (QED) is 0.816. The molecule has 0 radical (unpaired) electrons. The zero-order valence-electron chi connectivity index (χ0n) is 9.54. The fraction of sp³-hybridized carbons (Fsp3) is 0.154. The highest BCUT2D eigenvalue weighted by molar-refractivity contribution is 7.97. The lowest BCUT2D eigenvalue weighted by Gasteiger charge is -1.99. The summed E-state index contributed by atoms with van der Waals surface area (Å²) in [7, 11) is 0. The van der Waals surface area contributed by atoms with Crippen molar-refractivity contribution in [3.05, 3.63) is 52.1 Å². The standard InChI is InChI=1S/C13H12O3S2/c14-13(15)4-3-10-5-7-18-12(10)9-17-8-11-2-1-6-16-11/h1-7H,8-9H2,(H,14,15). The van der Waals surface area contributed by atoms with Gasteiger partial charge in [0.15, 0.2) is 0 Å². The summed E-state index contributed by atoms with van der Waals surface area (Å²) in [6.45, 7) is 0. The first-order chi connectivity index (χ1) is 8.75. The van der Waals surface area contributed by atoms with E-state index in [1.807, 2.05) is 23.6 Å². The van der Waals surface area contributed by atoms with Crippen LogP contribution in [0.3, 0.4) is 0 Å². The van der Waals surface area contributed by atoms with Crippen LogP contribution < -0.4 is 0 Å². The van der Waals surface area contributed by atoms with Crippen molar-refractivity contribution in [1.82, 2.24) is 0 Å². The number of carbonyl (C=O) groups is 1. The molecule has 94 valence electrons. The van der Waals surface area contributed by atoms with Gasteiger partial charge in [-0.25, -0.2) is 4.79 Å². The maximum Gasteiger partial charge on any atom is 0.328 e. The molecule has 0 amide bonds. The minimum atomic E-state index is -0.921. The van der Waals surface area contributed by atoms with Crippen LogP contribution in [0, 0.1) is 0 Å². The van der Waals surface area contributed by atoms with Gasteiger partial charge in [-0.2, -0.15) is 0 Å². The van der Waals surface area contributed by atoms with E-state index in [2.05, 4.69) is 0 Å². The van der Waals surface area contributed by atoms with E-state index in [-0.39, 0.29) is 0 Å². The molecular weight excluding hydrogens is 268 g/mol. The van der Waals surface area contributed by atoms with Crippen LogP contribution in [0.25, 0.3) is 6.08 Å². The molecular formula is C13H12O3S2. The Hall–Kier alpha value is -1.46. The van der Waals surface area contributed by atoms with Gasteiger partial charge in [0.25, 0.3) is 0 Å². The van der Waals surface area contributed by atoms with E-state index in [0.717, 1.165) is 22.8 Å². The van der Waals surface area contributed by atoms with Gasteiger partial charge >= 0.3 is 5.97 Å². The number of furan rings is 1. The number of thiophene rings is 1. The van der Waals surface area contributed by atoms with Crippen LogP contribution in [-0.2, 0) is 16.3 Å². The number of hydrogen-bond acceptors (Lipinski definition) is 4. The third kappa shape index (κ3) is 3.78. The fourth-order valence-electron chi connectivity index (χ4n) is 1.42. The molecule has 2 heterocycles. The summed E-state index contributed by atoms with van der Waals surface area (Å²) in [6.07, 6.45) is 4.48. The van der Waals surface area contributed by atoms with E-state index in [1.54, 1.807) is 35.4 Å². The average Bonchev–Trinajstić information content (AvgIpc) is 2.97. The van der Waals surface area contributed by atoms with Crippen LogP contribution >= 0.6 is 23.1 Å². The van der Waals surface area contributed by atoms with Gasteiger partial charge in [-0.3, -0.25) is 0 Å². The summed E-state index contributed by atoms with van der Waals surface area (Å²) in [4.78, 5) is 11.7. The molecule has 0 fully saturated rings. The molecule has 0 bridgehead atoms. The molecule has 0 saturated heterocycles. The molecule has 0 unspecified atom stereocenters. The lowest BCUT2D eigenvalue weighted by atomic mass is 10.2. The SMILES string of the molecule is O=C(O)C=Cc1ccsc1CSCc1ccco1. The van der Waals surface area contributed by atoms with Crippen molar-refractivity contribution >= 4 is 35.1 Å². The van der Waals surface area contributed by atoms with Gasteiger partial charge in [0.05, 0.1) is 12.0 Å². The first-order valence-corrected chi connectivity index (χ1v) is 7.36. The van der Waals surface area contributed by atoms with E-state index in [4.69, 9.17) is 9.52 Å². The largest absolute Gasteiger partial charge is 0.478 e. The monoisotopic (exact) mass is 280 g/mol. The molecule has 1 N–H and O–H groups in total. The van der Waals surface area contributed by atoms with Gasteiger partial charge in [0.2, 0.25) is 0 Å². The molecule has 0 aliphatic carbocycles. The second-order valence-electron chi connectivity index (χ2n) is 3.54. The molecule has 2 rings (SSSR count). The Labute approximate surface area is 113 Å². The zero-order chi connectivity index (χ0) is 12.8. The predicted molar refractivity (Wildman–Crippen MR) is 74.7 cm³/mol. The summed E-state index contributed by atoms with van der Waals surface area (Å²) >= 11 is 3.40. The summed E-state index contributed by atoms with van der Waals surface area (Å²) in [5.41, 5.74) is 0.981. The summed E-state index contributed by atoms with van der Waals surface area (Å²) in [6, 6.07) is 5.77. The first-order valence-electron chi connectivity index (χ1n) is 5.33. The molecule has 0 aliphatic rings. The molecule has 0 atom stereocenters. The van der Waals surface area contributed by atoms with Gasteiger partial charge in [0.1, 0.15) is 5.76 Å². The zero-order valence-corrected chi connectivity index (χ0v) is 11.2. The normalized spacial score (nSPS) is 11.1. The van der Waals surface area contributed by atoms with Crippen molar-refractivity contribution in [3.8, 4) is 0 Å². The highest BCUT2D eigenvalue weighted by Gasteiger charge is 2.03. The van der Waals surface area contributed by atoms with Crippen molar-refractivity contribution < 1.29 is 14.3 Å². The smallest absolute Gasteiger partial charge is 0.328 e. The van der Waals surface area contributed by atoms with Gasteiger partial charge in [-0.1, -0.05) is 0 Å². The minimum absolute atomic E-state index is 0.826. The van der Waals surface area contributed by atoms with Crippen molar-refractivity contribution in [2.75, 3.05) is 0 Å². The molecule has 3 nitrogen and oxygen atoms in total. The second kappa shape index (κ2) is 6.47. The topological polar surface area (TPSA) is 50.4 Å². The molecule has 2 aromatic heterocycles. The summed E-state index contributed by atoms with van der Waals surface area (Å²) < 4.78 is 5.25. The molecule has 2 aromatic rings. The van der Waals surface area contributed by atoms with Gasteiger partial charge in [0, 0.05) is 16.7 Å². The van der Waals surface area contributed by atoms with Gasteiger partial charge < -0.3 is 9.52 Å². The number of rotatable bonds is 6. The number of hydrogen-bond donors (Lipinski definition) is 1. The predicted octanol–water partition coefficient (Wildman–Crippen LogP) is 3.87. The molecule has 0 aliphatic heterocycles. The van der Waals surface area contributed by atoms with Crippen LogP contribution in [0.15, 0.2) is 40.3 Å². The van der Waals surface area contributed by atoms with Crippen LogP contribution in [0.4, 0.5) is 0 Å². The van der Waals surface area contributed by atoms with Crippen molar-refractivity contribution in [3.63, 3.8) is 0 Å². The van der Waals surface area contributed by atoms with E-state index < -0.39 is 5.97 Å². The Morgan fingerprint density at radius 1 is 1.44 bits per heavy atom. The highest BCUT2D eigenvalue weighted by atomic mass is 32.2. The van der Waals surface area contributed by atoms with Crippen LogP contribution in [0.2, 0.25) is 0 Å². The summed E-state index contributed by atoms with van der Waals surface area (Å²) in [5, 5.41) is 10.6. The van der Waals surface area contributed by atoms with Crippen LogP contribution in [0.1, 0.15) is 16.2 Å². The molecule has 0 saturated carbocycles. The van der Waals surface area contributed by atoms with Crippen molar-refractivity contribution in [2.45, 2.75) is 11.5 Å². The second-order valence-corrected chi connectivity index (χ2v) is 5.53. The Balaban J connectivity index is 1.89. The number of carboxylic acid groups (broad SMARTS) is 1. The van der Waals surface area contributed by atoms with Gasteiger partial charge in [-0.15, -0.1) is 23.1 Å². The van der Waals surface area contributed by atoms with Gasteiger partial charge in [-0.05, 0) is 35.2 Å². The Morgan fingerprint density at radius 3 is 3.06 bits per heavy atom. The molecule has 0 aromatic carbocycles. The minimum Gasteiger partial charge on any atom is -0.478 e. The maximum atomic E-state index is 10.5. The number of thioether (sulfide) groups is 1. The Morgan fingerprint density at radius 2 is 2.33 bits per heavy atom. The third-order valence-electron chi connectivity index (χ3n) is 2.24. The van der Waals surface area contributed by atoms with Crippen LogP contribution in [0.5, 0.6) is 0 Å². The highest BCUT2D eigenvalue weighted by Crippen LogP contribution is 2.25.